The maximum atomic E-state index is 11.9. The van der Waals surface area contributed by atoms with Crippen LogP contribution in [-0.2, 0) is 14.3 Å². The van der Waals surface area contributed by atoms with Gasteiger partial charge in [-0.05, 0) is 18.1 Å². The van der Waals surface area contributed by atoms with Gasteiger partial charge in [0.15, 0.2) is 0 Å². The predicted molar refractivity (Wildman–Crippen MR) is 112 cm³/mol. The fourth-order valence-electron chi connectivity index (χ4n) is 3.97. The second-order valence-electron chi connectivity index (χ2n) is 7.67. The molecule has 1 aliphatic heterocycles. The van der Waals surface area contributed by atoms with Crippen molar-refractivity contribution in [3.8, 4) is 0 Å². The van der Waals surface area contributed by atoms with E-state index in [1.165, 1.54) is 4.90 Å². The smallest absolute Gasteiger partial charge is 0.309 e. The van der Waals surface area contributed by atoms with E-state index in [0.29, 0.717) is 13.2 Å². The first kappa shape index (κ1) is 21.5. The second kappa shape index (κ2) is 11.1. The number of carbonyl (C=O) groups excluding carboxylic acids is 1. The van der Waals surface area contributed by atoms with Crippen molar-refractivity contribution in [1.82, 2.24) is 0 Å². The molecule has 2 aromatic carbocycles. The summed E-state index contributed by atoms with van der Waals surface area (Å²) in [6.45, 7) is 4.94. The van der Waals surface area contributed by atoms with Gasteiger partial charge in [-0.1, -0.05) is 60.7 Å². The summed E-state index contributed by atoms with van der Waals surface area (Å²) in [6.07, 6.45) is 0.896. The molecule has 156 valence electrons. The van der Waals surface area contributed by atoms with Crippen molar-refractivity contribution < 1.29 is 24.3 Å². The molecule has 0 saturated carbocycles. The Kier molecular flexibility index (Phi) is 8.23. The maximum absolute atomic E-state index is 11.9. The normalized spacial score (nSPS) is 20.4. The molecule has 1 saturated heterocycles. The van der Waals surface area contributed by atoms with Crippen LogP contribution in [0.1, 0.15) is 37.0 Å². The summed E-state index contributed by atoms with van der Waals surface area (Å²) in [7, 11) is 0. The van der Waals surface area contributed by atoms with Gasteiger partial charge in [0.1, 0.15) is 18.8 Å². The Balaban J connectivity index is 1.51. The number of aliphatic hydroxyl groups excluding tert-OH is 1. The van der Waals surface area contributed by atoms with Gasteiger partial charge in [0.25, 0.3) is 0 Å². The number of piperidine rings is 1. The van der Waals surface area contributed by atoms with Crippen molar-refractivity contribution >= 4 is 5.97 Å². The molecule has 0 amide bonds. The van der Waals surface area contributed by atoms with Crippen LogP contribution in [0.3, 0.4) is 0 Å². The van der Waals surface area contributed by atoms with Gasteiger partial charge in [-0.15, -0.1) is 0 Å². The van der Waals surface area contributed by atoms with Gasteiger partial charge in [0.2, 0.25) is 0 Å². The zero-order chi connectivity index (χ0) is 20.5. The quantitative estimate of drug-likeness (QED) is 0.635. The minimum absolute atomic E-state index is 0.00707. The van der Waals surface area contributed by atoms with Gasteiger partial charge < -0.3 is 19.5 Å². The summed E-state index contributed by atoms with van der Waals surface area (Å²) < 4.78 is 11.3. The average Bonchev–Trinajstić information content (AvgIpc) is 2.76. The molecular weight excluding hydrogens is 366 g/mol. The molecule has 2 N–H and O–H groups in total. The van der Waals surface area contributed by atoms with Gasteiger partial charge in [-0.2, -0.15) is 0 Å². The molecule has 0 radical (unpaired) electrons. The number of likely N-dealkylation sites (tertiary alicyclic amines) is 1. The topological polar surface area (TPSA) is 60.2 Å². The van der Waals surface area contributed by atoms with Gasteiger partial charge in [0.05, 0.1) is 32.2 Å². The lowest BCUT2D eigenvalue weighted by atomic mass is 9.97. The highest BCUT2D eigenvalue weighted by Gasteiger charge is 2.29. The fraction of sp³-hybridized carbons (Fsp3) is 0.458. The van der Waals surface area contributed by atoms with E-state index in [-0.39, 0.29) is 24.6 Å². The number of nitrogens with one attached hydrogen (secondary N) is 1. The van der Waals surface area contributed by atoms with Crippen molar-refractivity contribution in [2.45, 2.75) is 32.0 Å². The minimum Gasteiger partial charge on any atom is -0.466 e. The Hall–Kier alpha value is -2.21. The summed E-state index contributed by atoms with van der Waals surface area (Å²) in [5.41, 5.74) is 2.15. The third-order valence-corrected chi connectivity index (χ3v) is 5.50. The number of quaternary nitrogens is 1. The number of aliphatic hydroxyl groups is 1. The molecule has 0 bridgehead atoms. The Labute approximate surface area is 173 Å². The number of ether oxygens (including phenoxy) is 2. The van der Waals surface area contributed by atoms with E-state index in [4.69, 9.17) is 9.47 Å². The standard InChI is InChI=1S/C24H31NO4/c1-2-28-24(27)21-13-15-25(16-14-21)17-22(26)18-29-23(19-9-5-3-6-10-19)20-11-7-4-8-12-20/h3-12,21-23,26H,2,13-18H2,1H3/p+1/t22-/m0/s1. The lowest BCUT2D eigenvalue weighted by molar-refractivity contribution is -0.908. The highest BCUT2D eigenvalue weighted by Crippen LogP contribution is 2.25. The summed E-state index contributed by atoms with van der Waals surface area (Å²) in [6, 6.07) is 20.2. The number of rotatable bonds is 9. The fourth-order valence-corrected chi connectivity index (χ4v) is 3.97. The maximum Gasteiger partial charge on any atom is 0.309 e. The molecule has 1 fully saturated rings. The second-order valence-corrected chi connectivity index (χ2v) is 7.67. The molecule has 0 aromatic heterocycles. The van der Waals surface area contributed by atoms with Crippen LogP contribution < -0.4 is 4.90 Å². The molecule has 1 atom stereocenters. The Morgan fingerprint density at radius 3 is 2.10 bits per heavy atom. The molecule has 29 heavy (non-hydrogen) atoms. The van der Waals surface area contributed by atoms with Gasteiger partial charge >= 0.3 is 5.97 Å². The van der Waals surface area contributed by atoms with Crippen molar-refractivity contribution in [2.75, 3.05) is 32.8 Å². The average molecular weight is 399 g/mol. The molecular formula is C24H32NO4+. The first-order chi connectivity index (χ1) is 14.2. The van der Waals surface area contributed by atoms with E-state index in [0.717, 1.165) is 37.1 Å². The zero-order valence-electron chi connectivity index (χ0n) is 17.1. The van der Waals surface area contributed by atoms with Crippen molar-refractivity contribution in [3.05, 3.63) is 71.8 Å². The summed E-state index contributed by atoms with van der Waals surface area (Å²) >= 11 is 0. The Morgan fingerprint density at radius 1 is 1.03 bits per heavy atom. The molecule has 5 heteroatoms. The van der Waals surface area contributed by atoms with Crippen LogP contribution in [0.15, 0.2) is 60.7 Å². The van der Waals surface area contributed by atoms with E-state index in [1.807, 2.05) is 43.3 Å². The molecule has 0 unspecified atom stereocenters. The van der Waals surface area contributed by atoms with Crippen LogP contribution in [-0.4, -0.2) is 50.0 Å². The molecule has 0 aliphatic carbocycles. The van der Waals surface area contributed by atoms with E-state index in [1.54, 1.807) is 0 Å². The SMILES string of the molecule is CCOC(=O)C1CC[NH+](C[C@H](O)COC(c2ccccc2)c2ccccc2)CC1. The molecule has 1 heterocycles. The lowest BCUT2D eigenvalue weighted by Crippen LogP contribution is -3.14. The van der Waals surface area contributed by atoms with Gasteiger partial charge in [0, 0.05) is 12.8 Å². The molecule has 5 nitrogen and oxygen atoms in total. The number of hydrogen-bond donors (Lipinski definition) is 2. The molecule has 3 rings (SSSR count). The van der Waals surface area contributed by atoms with E-state index in [2.05, 4.69) is 24.3 Å². The van der Waals surface area contributed by atoms with E-state index >= 15 is 0 Å². The minimum atomic E-state index is -0.543. The van der Waals surface area contributed by atoms with Crippen molar-refractivity contribution in [2.24, 2.45) is 5.92 Å². The van der Waals surface area contributed by atoms with Crippen LogP contribution in [0.5, 0.6) is 0 Å². The van der Waals surface area contributed by atoms with Crippen LogP contribution in [0, 0.1) is 5.92 Å². The van der Waals surface area contributed by atoms with Crippen LogP contribution in [0.25, 0.3) is 0 Å². The largest absolute Gasteiger partial charge is 0.466 e. The van der Waals surface area contributed by atoms with Crippen molar-refractivity contribution in [1.29, 1.82) is 0 Å². The summed E-state index contributed by atoms with van der Waals surface area (Å²) in [5, 5.41) is 10.6. The first-order valence-corrected chi connectivity index (χ1v) is 10.6. The monoisotopic (exact) mass is 398 g/mol. The zero-order valence-corrected chi connectivity index (χ0v) is 17.1. The van der Waals surface area contributed by atoms with Crippen LogP contribution in [0.4, 0.5) is 0 Å². The predicted octanol–water partition coefficient (Wildman–Crippen LogP) is 2.01. The molecule has 1 aliphatic rings. The van der Waals surface area contributed by atoms with Crippen LogP contribution >= 0.6 is 0 Å². The number of carbonyl (C=O) groups is 1. The van der Waals surface area contributed by atoms with Gasteiger partial charge in [-0.3, -0.25) is 4.79 Å². The summed E-state index contributed by atoms with van der Waals surface area (Å²) in [5.74, 6) is -0.0726. The Morgan fingerprint density at radius 2 is 1.59 bits per heavy atom. The molecule has 2 aromatic rings. The summed E-state index contributed by atoms with van der Waals surface area (Å²) in [4.78, 5) is 13.2. The lowest BCUT2D eigenvalue weighted by Gasteiger charge is -2.30. The Bertz CT molecular complexity index is 690. The van der Waals surface area contributed by atoms with Gasteiger partial charge in [-0.25, -0.2) is 0 Å². The van der Waals surface area contributed by atoms with Crippen LogP contribution in [0.2, 0.25) is 0 Å². The highest BCUT2D eigenvalue weighted by molar-refractivity contribution is 5.72. The molecule has 0 spiro atoms. The number of hydrogen-bond acceptors (Lipinski definition) is 4. The third-order valence-electron chi connectivity index (χ3n) is 5.50. The number of benzene rings is 2. The van der Waals surface area contributed by atoms with Crippen molar-refractivity contribution in [3.63, 3.8) is 0 Å². The number of esters is 1. The first-order valence-electron chi connectivity index (χ1n) is 10.6. The third kappa shape index (κ3) is 6.39. The van der Waals surface area contributed by atoms with E-state index in [9.17, 15) is 9.90 Å². The van der Waals surface area contributed by atoms with E-state index < -0.39 is 6.10 Å². The highest BCUT2D eigenvalue weighted by atomic mass is 16.5.